The van der Waals surface area contributed by atoms with Crippen molar-refractivity contribution >= 4 is 41.2 Å². The summed E-state index contributed by atoms with van der Waals surface area (Å²) in [5, 5.41) is 16.6. The average molecular weight is 571 g/mol. The number of hydrogen-bond acceptors (Lipinski definition) is 9. The maximum absolute atomic E-state index is 12.6. The maximum atomic E-state index is 12.6. The zero-order valence-corrected chi connectivity index (χ0v) is 23.5. The summed E-state index contributed by atoms with van der Waals surface area (Å²) in [5.41, 5.74) is 1.23. The van der Waals surface area contributed by atoms with Gasteiger partial charge in [0.15, 0.2) is 11.5 Å². The van der Waals surface area contributed by atoms with E-state index in [1.165, 1.54) is 10.9 Å². The summed E-state index contributed by atoms with van der Waals surface area (Å²) in [5.74, 6) is -0.119. The number of rotatable bonds is 7. The van der Waals surface area contributed by atoms with Crippen LogP contribution in [0.3, 0.4) is 0 Å². The minimum atomic E-state index is -0.733. The van der Waals surface area contributed by atoms with Crippen molar-refractivity contribution in [2.45, 2.75) is 58.3 Å². The number of carbonyl (C=O) groups is 3. The van der Waals surface area contributed by atoms with E-state index >= 15 is 0 Å². The summed E-state index contributed by atoms with van der Waals surface area (Å²) in [6.07, 6.45) is 2.21. The molecule has 3 aromatic heterocycles. The van der Waals surface area contributed by atoms with Crippen LogP contribution in [-0.4, -0.2) is 54.7 Å². The van der Waals surface area contributed by atoms with Crippen molar-refractivity contribution in [3.63, 3.8) is 0 Å². The first-order chi connectivity index (χ1) is 18.9. The number of nitrogens with zero attached hydrogens (tertiary/aromatic N) is 5. The topological polar surface area (TPSA) is 162 Å². The molecule has 0 aliphatic heterocycles. The van der Waals surface area contributed by atoms with E-state index in [1.54, 1.807) is 65.2 Å². The smallest absolute Gasteiger partial charge is 0.413 e. The van der Waals surface area contributed by atoms with Crippen molar-refractivity contribution in [2.75, 3.05) is 10.6 Å². The van der Waals surface area contributed by atoms with Crippen LogP contribution in [0.2, 0.25) is 5.15 Å². The van der Waals surface area contributed by atoms with Gasteiger partial charge in [-0.25, -0.2) is 19.3 Å². The van der Waals surface area contributed by atoms with Crippen LogP contribution >= 0.6 is 11.6 Å². The Morgan fingerprint density at radius 3 is 2.50 bits per heavy atom. The van der Waals surface area contributed by atoms with Gasteiger partial charge in [0.1, 0.15) is 16.9 Å². The molecule has 0 unspecified atom stereocenters. The van der Waals surface area contributed by atoms with Gasteiger partial charge in [0.25, 0.3) is 0 Å². The molecule has 0 bridgehead atoms. The molecule has 0 radical (unpaired) electrons. The Kier molecular flexibility index (Phi) is 8.52. The van der Waals surface area contributed by atoms with Crippen LogP contribution in [0, 0.1) is 5.92 Å². The van der Waals surface area contributed by atoms with Crippen molar-refractivity contribution in [1.82, 2.24) is 30.3 Å². The second kappa shape index (κ2) is 11.9. The Morgan fingerprint density at radius 1 is 1.10 bits per heavy atom. The highest BCUT2D eigenvalue weighted by Gasteiger charge is 2.36. The van der Waals surface area contributed by atoms with Crippen LogP contribution in [0.25, 0.3) is 11.4 Å². The van der Waals surface area contributed by atoms with Crippen LogP contribution in [0.4, 0.5) is 21.1 Å². The van der Waals surface area contributed by atoms with Gasteiger partial charge in [-0.1, -0.05) is 22.9 Å². The van der Waals surface area contributed by atoms with Crippen LogP contribution in [-0.2, 0) is 21.3 Å². The van der Waals surface area contributed by atoms with Gasteiger partial charge in [-0.15, -0.1) is 5.10 Å². The van der Waals surface area contributed by atoms with Crippen molar-refractivity contribution in [3.8, 4) is 11.4 Å². The molecule has 1 atom stereocenters. The molecule has 13 nitrogen and oxygen atoms in total. The molecular weight excluding hydrogens is 540 g/mol. The fourth-order valence-electron chi connectivity index (χ4n) is 4.00. The molecule has 1 fully saturated rings. The molecule has 14 heteroatoms. The van der Waals surface area contributed by atoms with Gasteiger partial charge in [0.05, 0.1) is 17.6 Å². The van der Waals surface area contributed by atoms with E-state index in [0.717, 1.165) is 0 Å². The molecule has 3 amide bonds. The maximum Gasteiger partial charge on any atom is 0.413 e. The summed E-state index contributed by atoms with van der Waals surface area (Å²) in [6.45, 7) is 7.06. The van der Waals surface area contributed by atoms with E-state index in [-0.39, 0.29) is 28.8 Å². The lowest BCUT2D eigenvalue weighted by atomic mass is 9.79. The molecule has 1 aliphatic carbocycles. The highest BCUT2D eigenvalue weighted by atomic mass is 35.5. The molecule has 0 saturated heterocycles. The zero-order valence-electron chi connectivity index (χ0n) is 22.8. The Balaban J connectivity index is 1.31. The molecule has 1 aliphatic rings. The number of nitrogens with one attached hydrogen (secondary N) is 3. The first-order valence-electron chi connectivity index (χ1n) is 12.6. The minimum Gasteiger partial charge on any atom is -0.444 e. The molecule has 4 rings (SSSR count). The van der Waals surface area contributed by atoms with E-state index < -0.39 is 23.9 Å². The molecule has 40 heavy (non-hydrogen) atoms. The number of halogens is 1. The molecule has 212 valence electrons. The first kappa shape index (κ1) is 28.7. The lowest BCUT2D eigenvalue weighted by Crippen LogP contribution is -2.49. The molecule has 3 N–H and O–H groups in total. The van der Waals surface area contributed by atoms with Crippen molar-refractivity contribution in [2.24, 2.45) is 13.0 Å². The Morgan fingerprint density at radius 2 is 1.85 bits per heavy atom. The average Bonchev–Trinajstić information content (AvgIpc) is 3.20. The quantitative estimate of drug-likeness (QED) is 0.348. The minimum absolute atomic E-state index is 0.107. The highest BCUT2D eigenvalue weighted by molar-refractivity contribution is 6.30. The largest absolute Gasteiger partial charge is 0.444 e. The molecule has 0 aromatic carbocycles. The number of aryl methyl sites for hydroxylation is 1. The third-order valence-corrected chi connectivity index (χ3v) is 6.38. The van der Waals surface area contributed by atoms with Gasteiger partial charge in [0, 0.05) is 30.8 Å². The molecule has 0 spiro atoms. The number of carbonyl (C=O) groups excluding carboxylic acids is 3. The van der Waals surface area contributed by atoms with E-state index in [9.17, 15) is 14.4 Å². The number of alkyl carbamates (subject to hydrolysis) is 1. The van der Waals surface area contributed by atoms with Crippen molar-refractivity contribution < 1.29 is 23.9 Å². The van der Waals surface area contributed by atoms with Gasteiger partial charge in [0.2, 0.25) is 5.91 Å². The number of anilines is 2. The highest BCUT2D eigenvalue weighted by Crippen LogP contribution is 2.30. The molecule has 3 aromatic rings. The number of hydrogen-bond donors (Lipinski definition) is 3. The number of pyridine rings is 2. The van der Waals surface area contributed by atoms with E-state index in [1.807, 2.05) is 0 Å². The number of ether oxygens (including phenoxy) is 2. The lowest BCUT2D eigenvalue weighted by molar-refractivity contribution is -0.123. The van der Waals surface area contributed by atoms with Crippen LogP contribution in [0.15, 0.2) is 36.7 Å². The summed E-state index contributed by atoms with van der Waals surface area (Å²) in [6, 6.07) is 6.65. The van der Waals surface area contributed by atoms with Crippen LogP contribution < -0.4 is 16.0 Å². The molecule has 1 saturated carbocycles. The molecule has 3 heterocycles. The van der Waals surface area contributed by atoms with Gasteiger partial charge < -0.3 is 20.1 Å². The van der Waals surface area contributed by atoms with Gasteiger partial charge in [-0.2, -0.15) is 0 Å². The summed E-state index contributed by atoms with van der Waals surface area (Å²) >= 11 is 6.09. The normalized spacial score (nSPS) is 17.2. The standard InChI is InChI=1S/C26H31ClN8O5/c1-14(18-7-6-10-28-21(18)27)39-24(37)32-22-20(33-34-35(22)5)19-9-8-16(13-29-19)30-23(36)15-11-17(12-15)31-25(38)40-26(2,3)4/h6-10,13-15,17H,11-12H2,1-5H3,(H,30,36)(H,31,38)(H,32,37)/t14-,15?,17?/m1/s1. The lowest BCUT2D eigenvalue weighted by Gasteiger charge is -2.35. The fourth-order valence-corrected chi connectivity index (χ4v) is 4.27. The summed E-state index contributed by atoms with van der Waals surface area (Å²) < 4.78 is 12.1. The molecular formula is C26H31ClN8O5. The predicted molar refractivity (Wildman–Crippen MR) is 147 cm³/mol. The van der Waals surface area contributed by atoms with Gasteiger partial charge >= 0.3 is 12.2 Å². The third-order valence-electron chi connectivity index (χ3n) is 6.06. The first-order valence-corrected chi connectivity index (χ1v) is 13.0. The van der Waals surface area contributed by atoms with Crippen LogP contribution in [0.1, 0.15) is 52.2 Å². The van der Waals surface area contributed by atoms with Crippen molar-refractivity contribution in [1.29, 1.82) is 0 Å². The Bertz CT molecular complexity index is 1380. The third kappa shape index (κ3) is 7.23. The summed E-state index contributed by atoms with van der Waals surface area (Å²) in [7, 11) is 1.62. The second-order valence-electron chi connectivity index (χ2n) is 10.4. The van der Waals surface area contributed by atoms with Crippen LogP contribution in [0.5, 0.6) is 0 Å². The summed E-state index contributed by atoms with van der Waals surface area (Å²) in [4.78, 5) is 45.5. The Labute approximate surface area is 236 Å². The second-order valence-corrected chi connectivity index (χ2v) is 10.8. The number of amides is 3. The van der Waals surface area contributed by atoms with Crippen molar-refractivity contribution in [3.05, 3.63) is 47.4 Å². The fraction of sp³-hybridized carbons (Fsp3) is 0.423. The van der Waals surface area contributed by atoms with Gasteiger partial charge in [-0.05, 0) is 58.7 Å². The Hall–Kier alpha value is -4.26. The van der Waals surface area contributed by atoms with Gasteiger partial charge in [-0.3, -0.25) is 15.1 Å². The zero-order chi connectivity index (χ0) is 29.0. The predicted octanol–water partition coefficient (Wildman–Crippen LogP) is 4.48. The van der Waals surface area contributed by atoms with E-state index in [2.05, 4.69) is 36.2 Å². The monoisotopic (exact) mass is 570 g/mol. The van der Waals surface area contributed by atoms with E-state index in [4.69, 9.17) is 21.1 Å². The van der Waals surface area contributed by atoms with E-state index in [0.29, 0.717) is 35.5 Å². The number of aromatic nitrogens is 5. The SMILES string of the molecule is C[C@@H](OC(=O)Nc1c(-c2ccc(NC(=O)C3CC(NC(=O)OC(C)(C)C)C3)cn2)nnn1C)c1cccnc1Cl.